The van der Waals surface area contributed by atoms with Crippen LogP contribution in [0.15, 0.2) is 24.3 Å². The van der Waals surface area contributed by atoms with Gasteiger partial charge in [-0.2, -0.15) is 5.10 Å². The summed E-state index contributed by atoms with van der Waals surface area (Å²) in [6.45, 7) is 7.20. The molecule has 9 heteroatoms. The molecule has 0 aliphatic carbocycles. The summed E-state index contributed by atoms with van der Waals surface area (Å²) < 4.78 is 16.0. The number of aromatic amines is 1. The number of rotatable bonds is 4. The third-order valence-corrected chi connectivity index (χ3v) is 4.71. The molecule has 0 atom stereocenters. The average molecular weight is 416 g/mol. The number of ether oxygens (including phenoxy) is 3. The van der Waals surface area contributed by atoms with Gasteiger partial charge in [0.15, 0.2) is 0 Å². The molecule has 0 radical (unpaired) electrons. The summed E-state index contributed by atoms with van der Waals surface area (Å²) in [7, 11) is 3.16. The summed E-state index contributed by atoms with van der Waals surface area (Å²) in [6.07, 6.45) is -0.356. The van der Waals surface area contributed by atoms with Crippen molar-refractivity contribution in [3.8, 4) is 22.8 Å². The lowest BCUT2D eigenvalue weighted by molar-refractivity contribution is 0.0140. The Morgan fingerprint density at radius 1 is 1.00 bits per heavy atom. The number of hydrogen-bond acceptors (Lipinski definition) is 6. The van der Waals surface area contributed by atoms with Gasteiger partial charge in [0.25, 0.3) is 5.91 Å². The number of H-pyrrole nitrogens is 1. The number of hydrogen-bond donors (Lipinski definition) is 1. The van der Waals surface area contributed by atoms with Crippen LogP contribution < -0.4 is 9.47 Å². The Bertz CT molecular complexity index is 910. The Kier molecular flexibility index (Phi) is 6.19. The third-order valence-electron chi connectivity index (χ3n) is 4.71. The highest BCUT2D eigenvalue weighted by atomic mass is 16.6. The number of aromatic nitrogens is 2. The number of nitrogens with one attached hydrogen (secondary N) is 1. The highest BCUT2D eigenvalue weighted by Gasteiger charge is 2.29. The van der Waals surface area contributed by atoms with E-state index in [-0.39, 0.29) is 12.0 Å². The molecular formula is C21H28N4O5. The molecule has 1 aliphatic rings. The van der Waals surface area contributed by atoms with Crippen molar-refractivity contribution in [1.82, 2.24) is 20.0 Å². The van der Waals surface area contributed by atoms with Crippen LogP contribution in [0.2, 0.25) is 0 Å². The molecule has 2 heterocycles. The first-order valence-electron chi connectivity index (χ1n) is 9.77. The van der Waals surface area contributed by atoms with E-state index < -0.39 is 5.60 Å². The Balaban J connectivity index is 1.66. The maximum absolute atomic E-state index is 12.9. The molecular weight excluding hydrogens is 388 g/mol. The quantitative estimate of drug-likeness (QED) is 0.823. The first kappa shape index (κ1) is 21.5. The van der Waals surface area contributed by atoms with Gasteiger partial charge in [-0.3, -0.25) is 9.89 Å². The van der Waals surface area contributed by atoms with Crippen LogP contribution in [0.3, 0.4) is 0 Å². The van der Waals surface area contributed by atoms with Crippen molar-refractivity contribution < 1.29 is 23.8 Å². The van der Waals surface area contributed by atoms with E-state index in [1.165, 1.54) is 0 Å². The highest BCUT2D eigenvalue weighted by molar-refractivity contribution is 5.93. The molecule has 2 aromatic rings. The van der Waals surface area contributed by atoms with Gasteiger partial charge < -0.3 is 24.0 Å². The monoisotopic (exact) mass is 416 g/mol. The summed E-state index contributed by atoms with van der Waals surface area (Å²) in [5.41, 5.74) is 1.20. The molecule has 1 aromatic heterocycles. The number of methoxy groups -OCH3 is 2. The summed E-state index contributed by atoms with van der Waals surface area (Å²) in [4.78, 5) is 28.4. The molecule has 30 heavy (non-hydrogen) atoms. The number of benzene rings is 1. The number of carbonyl (C=O) groups is 2. The fraction of sp³-hybridized carbons (Fsp3) is 0.476. The lowest BCUT2D eigenvalue weighted by Gasteiger charge is -2.35. The van der Waals surface area contributed by atoms with E-state index in [1.54, 1.807) is 36.2 Å². The number of nitrogens with zero attached hydrogens (tertiary/aromatic N) is 3. The molecule has 0 spiro atoms. The first-order chi connectivity index (χ1) is 14.2. The molecule has 0 bridgehead atoms. The number of amides is 2. The zero-order chi connectivity index (χ0) is 21.9. The maximum atomic E-state index is 12.9. The summed E-state index contributed by atoms with van der Waals surface area (Å²) in [5, 5.41) is 7.09. The lowest BCUT2D eigenvalue weighted by atomic mass is 10.1. The van der Waals surface area contributed by atoms with E-state index in [4.69, 9.17) is 14.2 Å². The molecule has 2 amide bonds. The zero-order valence-electron chi connectivity index (χ0n) is 18.0. The van der Waals surface area contributed by atoms with Crippen molar-refractivity contribution >= 4 is 12.0 Å². The second kappa shape index (κ2) is 8.64. The van der Waals surface area contributed by atoms with Gasteiger partial charge in [-0.1, -0.05) is 0 Å². The van der Waals surface area contributed by atoms with Gasteiger partial charge in [0.05, 0.1) is 19.9 Å². The second-order valence-electron chi connectivity index (χ2n) is 7.99. The standard InChI is InChI=1S/C21H28N4O5/c1-21(2,3)30-20(27)25-10-8-24(9-11-25)19(26)17-13-16(22-23-17)15-7-6-14(28-4)12-18(15)29-5/h6-7,12-13H,8-11H2,1-5H3,(H,22,23). The molecule has 0 saturated carbocycles. The Morgan fingerprint density at radius 3 is 2.27 bits per heavy atom. The average Bonchev–Trinajstić information content (AvgIpc) is 3.21. The Hall–Kier alpha value is -3.23. The molecule has 1 aliphatic heterocycles. The Morgan fingerprint density at radius 2 is 1.67 bits per heavy atom. The van der Waals surface area contributed by atoms with Crippen molar-refractivity contribution in [3.63, 3.8) is 0 Å². The molecule has 1 saturated heterocycles. The van der Waals surface area contributed by atoms with Crippen molar-refractivity contribution in [2.24, 2.45) is 0 Å². The van der Waals surface area contributed by atoms with Gasteiger partial charge in [-0.25, -0.2) is 4.79 Å². The number of piperazine rings is 1. The van der Waals surface area contributed by atoms with E-state index in [0.29, 0.717) is 49.1 Å². The Labute approximate surface area is 175 Å². The van der Waals surface area contributed by atoms with Crippen LogP contribution in [0.1, 0.15) is 31.3 Å². The van der Waals surface area contributed by atoms with Gasteiger partial charge in [0.2, 0.25) is 0 Å². The van der Waals surface area contributed by atoms with Crippen LogP contribution >= 0.6 is 0 Å². The van der Waals surface area contributed by atoms with Crippen LogP contribution in [0.5, 0.6) is 11.5 Å². The smallest absolute Gasteiger partial charge is 0.410 e. The minimum absolute atomic E-state index is 0.162. The van der Waals surface area contributed by atoms with E-state index in [0.717, 1.165) is 5.56 Å². The summed E-state index contributed by atoms with van der Waals surface area (Å²) in [5.74, 6) is 1.11. The second-order valence-corrected chi connectivity index (χ2v) is 7.99. The largest absolute Gasteiger partial charge is 0.497 e. The normalized spacial score (nSPS) is 14.4. The molecule has 1 N–H and O–H groups in total. The van der Waals surface area contributed by atoms with Gasteiger partial charge in [-0.15, -0.1) is 0 Å². The molecule has 3 rings (SSSR count). The lowest BCUT2D eigenvalue weighted by Crippen LogP contribution is -2.51. The molecule has 9 nitrogen and oxygen atoms in total. The minimum Gasteiger partial charge on any atom is -0.497 e. The van der Waals surface area contributed by atoms with Crippen molar-refractivity contribution in [1.29, 1.82) is 0 Å². The fourth-order valence-corrected chi connectivity index (χ4v) is 3.17. The summed E-state index contributed by atoms with van der Waals surface area (Å²) >= 11 is 0. The predicted octanol–water partition coefficient (Wildman–Crippen LogP) is 2.79. The first-order valence-corrected chi connectivity index (χ1v) is 9.77. The van der Waals surface area contributed by atoms with Crippen LogP contribution in [0, 0.1) is 0 Å². The highest BCUT2D eigenvalue weighted by Crippen LogP contribution is 2.32. The van der Waals surface area contributed by atoms with Gasteiger partial charge in [-0.05, 0) is 39.0 Å². The zero-order valence-corrected chi connectivity index (χ0v) is 18.0. The van der Waals surface area contributed by atoms with E-state index in [9.17, 15) is 9.59 Å². The van der Waals surface area contributed by atoms with Crippen LogP contribution in [-0.4, -0.2) is 78.0 Å². The predicted molar refractivity (Wildman–Crippen MR) is 111 cm³/mol. The molecule has 1 aromatic carbocycles. The SMILES string of the molecule is COc1ccc(-c2cc(C(=O)N3CCN(C(=O)OC(C)(C)C)CC3)[nH]n2)c(OC)c1. The molecule has 1 fully saturated rings. The molecule has 0 unspecified atom stereocenters. The van der Waals surface area contributed by atoms with Crippen molar-refractivity contribution in [3.05, 3.63) is 30.0 Å². The van der Waals surface area contributed by atoms with E-state index in [2.05, 4.69) is 10.2 Å². The number of carbonyl (C=O) groups excluding carboxylic acids is 2. The third kappa shape index (κ3) is 4.84. The fourth-order valence-electron chi connectivity index (χ4n) is 3.17. The van der Waals surface area contributed by atoms with Gasteiger partial charge in [0.1, 0.15) is 22.8 Å². The van der Waals surface area contributed by atoms with E-state index in [1.807, 2.05) is 32.9 Å². The van der Waals surface area contributed by atoms with Crippen LogP contribution in [0.25, 0.3) is 11.3 Å². The minimum atomic E-state index is -0.543. The van der Waals surface area contributed by atoms with Crippen molar-refractivity contribution in [2.75, 3.05) is 40.4 Å². The topological polar surface area (TPSA) is 97.0 Å². The molecule has 162 valence electrons. The van der Waals surface area contributed by atoms with Gasteiger partial charge >= 0.3 is 6.09 Å². The summed E-state index contributed by atoms with van der Waals surface area (Å²) in [6, 6.07) is 7.11. The van der Waals surface area contributed by atoms with Gasteiger partial charge in [0, 0.05) is 37.8 Å². The van der Waals surface area contributed by atoms with Crippen LogP contribution in [0.4, 0.5) is 4.79 Å². The van der Waals surface area contributed by atoms with E-state index >= 15 is 0 Å². The maximum Gasteiger partial charge on any atom is 0.410 e. The van der Waals surface area contributed by atoms with Crippen LogP contribution in [-0.2, 0) is 4.74 Å². The van der Waals surface area contributed by atoms with Crippen molar-refractivity contribution in [2.45, 2.75) is 26.4 Å².